The Kier molecular flexibility index (Phi) is 7.23. The summed E-state index contributed by atoms with van der Waals surface area (Å²) in [5, 5.41) is 2.12. The molecule has 2 aliphatic rings. The van der Waals surface area contributed by atoms with E-state index in [1.807, 2.05) is 66.7 Å². The largest absolute Gasteiger partial charge is 0.484 e. The molecule has 0 saturated carbocycles. The lowest BCUT2D eigenvalue weighted by Gasteiger charge is -2.51. The molecule has 3 aromatic rings. The van der Waals surface area contributed by atoms with Crippen molar-refractivity contribution in [2.24, 2.45) is 0 Å². The summed E-state index contributed by atoms with van der Waals surface area (Å²) in [7, 11) is 0. The first-order chi connectivity index (χ1) is 18.0. The Labute approximate surface area is 217 Å². The number of hydrogen-bond donors (Lipinski definition) is 1. The molecule has 3 unspecified atom stereocenters. The number of esters is 1. The van der Waals surface area contributed by atoms with E-state index in [1.165, 1.54) is 16.7 Å². The van der Waals surface area contributed by atoms with Crippen molar-refractivity contribution in [3.63, 3.8) is 0 Å². The van der Waals surface area contributed by atoms with Gasteiger partial charge in [-0.05, 0) is 23.3 Å². The number of nitrogens with one attached hydrogen (secondary N) is 1. The molecule has 37 heavy (non-hydrogen) atoms. The highest BCUT2D eigenvalue weighted by molar-refractivity contribution is 8.00. The third-order valence-electron chi connectivity index (χ3n) is 6.15. The number of ether oxygens (including phenoxy) is 2. The molecule has 9 heteroatoms. The molecule has 2 aliphatic heterocycles. The summed E-state index contributed by atoms with van der Waals surface area (Å²) in [5.41, 5.74) is 1.49. The van der Waals surface area contributed by atoms with Gasteiger partial charge in [-0.1, -0.05) is 78.9 Å². The van der Waals surface area contributed by atoms with E-state index in [-0.39, 0.29) is 12.4 Å². The van der Waals surface area contributed by atoms with Crippen molar-refractivity contribution >= 4 is 35.3 Å². The lowest BCUT2D eigenvalue weighted by Crippen LogP contribution is -2.76. The van der Waals surface area contributed by atoms with Gasteiger partial charge in [0.1, 0.15) is 17.2 Å². The van der Waals surface area contributed by atoms with Gasteiger partial charge in [-0.2, -0.15) is 0 Å². The van der Waals surface area contributed by atoms with Crippen LogP contribution in [0.2, 0.25) is 0 Å². The number of amides is 2. The van der Waals surface area contributed by atoms with E-state index in [0.717, 1.165) is 11.1 Å². The number of hydrogen-bond acceptors (Lipinski definition) is 7. The van der Waals surface area contributed by atoms with Crippen LogP contribution in [-0.2, 0) is 23.9 Å². The van der Waals surface area contributed by atoms with Crippen LogP contribution in [0.1, 0.15) is 17.2 Å². The Morgan fingerprint density at radius 3 is 2.05 bits per heavy atom. The highest BCUT2D eigenvalue weighted by Gasteiger charge is 2.58. The number of fused-ring (bicyclic) bond motifs is 1. The molecule has 0 aliphatic carbocycles. The number of nitrogens with zero attached hydrogens (tertiary/aromatic N) is 1. The third-order valence-corrected chi connectivity index (χ3v) is 7.44. The van der Waals surface area contributed by atoms with Crippen molar-refractivity contribution in [3.8, 4) is 5.75 Å². The molecule has 8 nitrogen and oxygen atoms in total. The van der Waals surface area contributed by atoms with Crippen LogP contribution >= 0.6 is 11.8 Å². The minimum atomic E-state index is -1.36. The zero-order valence-electron chi connectivity index (χ0n) is 19.7. The predicted molar refractivity (Wildman–Crippen MR) is 137 cm³/mol. The molecule has 1 N–H and O–H groups in total. The van der Waals surface area contributed by atoms with Crippen LogP contribution in [0.5, 0.6) is 5.75 Å². The van der Waals surface area contributed by atoms with Gasteiger partial charge in [-0.25, -0.2) is 4.79 Å². The molecule has 3 aromatic carbocycles. The molecule has 0 aromatic heterocycles. The minimum absolute atomic E-state index is 0.0302. The molecular weight excluding hydrogens is 492 g/mol. The van der Waals surface area contributed by atoms with E-state index < -0.39 is 47.1 Å². The molecule has 3 atom stereocenters. The van der Waals surface area contributed by atoms with Gasteiger partial charge < -0.3 is 19.7 Å². The van der Waals surface area contributed by atoms with Gasteiger partial charge in [0.2, 0.25) is 5.91 Å². The number of para-hydroxylation sites is 1. The monoisotopic (exact) mass is 516 g/mol. The number of carbonyl (C=O) groups is 4. The first-order valence-corrected chi connectivity index (χ1v) is 12.8. The van der Waals surface area contributed by atoms with E-state index in [0.29, 0.717) is 5.75 Å². The molecule has 0 bridgehead atoms. The summed E-state index contributed by atoms with van der Waals surface area (Å²) in [6, 6.07) is 25.1. The highest BCUT2D eigenvalue weighted by Crippen LogP contribution is 2.38. The van der Waals surface area contributed by atoms with Crippen LogP contribution in [0.25, 0.3) is 0 Å². The Hall–Kier alpha value is -4.11. The molecule has 2 heterocycles. The average molecular weight is 517 g/mol. The predicted octanol–water partition coefficient (Wildman–Crippen LogP) is 2.74. The van der Waals surface area contributed by atoms with Gasteiger partial charge in [0.05, 0.1) is 5.75 Å². The fraction of sp³-hybridized carbons (Fsp3) is 0.214. The zero-order chi connectivity index (χ0) is 25.8. The summed E-state index contributed by atoms with van der Waals surface area (Å²) in [6.07, 6.45) is -0.738. The summed E-state index contributed by atoms with van der Waals surface area (Å²) < 4.78 is 11.3. The van der Waals surface area contributed by atoms with Crippen molar-refractivity contribution in [1.82, 2.24) is 10.2 Å². The minimum Gasteiger partial charge on any atom is -0.484 e. The Morgan fingerprint density at radius 1 is 0.892 bits per heavy atom. The standard InChI is InChI=1S/C28H24N2O6S/c31-21-17-37-27-23(29-22(32)16-35-20-14-8-3-9-15-20)26(33)30(27)24(21)28(34)36-25(18-10-4-1-5-11-18)19-12-6-2-7-13-19/h1-15,23-25,27H,16-17H2,(H,29,32). The Balaban J connectivity index is 1.27. The van der Waals surface area contributed by atoms with Gasteiger partial charge in [-0.15, -0.1) is 11.8 Å². The lowest BCUT2D eigenvalue weighted by molar-refractivity contribution is -0.170. The summed E-state index contributed by atoms with van der Waals surface area (Å²) in [5.74, 6) is -1.60. The molecule has 5 rings (SSSR count). The SMILES string of the molecule is O=C(COc1ccccc1)NC1C(=O)N2C(C(=O)OC(c3ccccc3)c3ccccc3)C(=O)CSC12. The highest BCUT2D eigenvalue weighted by atomic mass is 32.2. The first-order valence-electron chi connectivity index (χ1n) is 11.8. The number of thioether (sulfide) groups is 1. The third kappa shape index (κ3) is 5.22. The maximum absolute atomic E-state index is 13.3. The van der Waals surface area contributed by atoms with Crippen molar-refractivity contribution in [3.05, 3.63) is 102 Å². The van der Waals surface area contributed by atoms with Crippen LogP contribution in [0.15, 0.2) is 91.0 Å². The van der Waals surface area contributed by atoms with Gasteiger partial charge in [0.25, 0.3) is 5.91 Å². The lowest BCUT2D eigenvalue weighted by atomic mass is 9.99. The van der Waals surface area contributed by atoms with Gasteiger partial charge in [0.15, 0.2) is 24.5 Å². The number of Topliss-reactive ketones (excluding diaryl/α,β-unsaturated/α-hetero) is 1. The van der Waals surface area contributed by atoms with Gasteiger partial charge in [-0.3, -0.25) is 14.4 Å². The van der Waals surface area contributed by atoms with E-state index in [9.17, 15) is 19.2 Å². The van der Waals surface area contributed by atoms with Crippen LogP contribution < -0.4 is 10.1 Å². The van der Waals surface area contributed by atoms with Gasteiger partial charge >= 0.3 is 5.97 Å². The Morgan fingerprint density at radius 2 is 1.46 bits per heavy atom. The van der Waals surface area contributed by atoms with E-state index in [2.05, 4.69) is 5.32 Å². The summed E-state index contributed by atoms with van der Waals surface area (Å²) in [6.45, 7) is -0.259. The number of β-lactam (4-membered cyclic amide) rings is 1. The summed E-state index contributed by atoms with van der Waals surface area (Å²) >= 11 is 1.21. The maximum Gasteiger partial charge on any atom is 0.337 e. The van der Waals surface area contributed by atoms with Crippen molar-refractivity contribution in [2.45, 2.75) is 23.6 Å². The van der Waals surface area contributed by atoms with Crippen molar-refractivity contribution in [2.75, 3.05) is 12.4 Å². The second kappa shape index (κ2) is 10.9. The first kappa shape index (κ1) is 24.6. The molecule has 2 amide bonds. The quantitative estimate of drug-likeness (QED) is 0.279. The molecule has 0 spiro atoms. The smallest absolute Gasteiger partial charge is 0.337 e. The van der Waals surface area contributed by atoms with Gasteiger partial charge in [0, 0.05) is 0 Å². The average Bonchev–Trinajstić information content (AvgIpc) is 2.94. The fourth-order valence-corrected chi connectivity index (χ4v) is 5.62. The second-order valence-electron chi connectivity index (χ2n) is 8.60. The molecule has 2 saturated heterocycles. The topological polar surface area (TPSA) is 102 Å². The maximum atomic E-state index is 13.3. The van der Waals surface area contributed by atoms with E-state index in [1.54, 1.807) is 24.3 Å². The molecular formula is C28H24N2O6S. The fourth-order valence-electron chi connectivity index (χ4n) is 4.36. The van der Waals surface area contributed by atoms with E-state index in [4.69, 9.17) is 9.47 Å². The number of benzene rings is 3. The van der Waals surface area contributed by atoms with Crippen molar-refractivity contribution in [1.29, 1.82) is 0 Å². The molecule has 0 radical (unpaired) electrons. The van der Waals surface area contributed by atoms with Crippen LogP contribution in [0, 0.1) is 0 Å². The molecule has 2 fully saturated rings. The van der Waals surface area contributed by atoms with Crippen LogP contribution in [-0.4, -0.2) is 58.3 Å². The van der Waals surface area contributed by atoms with Crippen molar-refractivity contribution < 1.29 is 28.7 Å². The normalized spacial score (nSPS) is 20.6. The van der Waals surface area contributed by atoms with Crippen LogP contribution in [0.4, 0.5) is 0 Å². The molecule has 188 valence electrons. The number of carbonyl (C=O) groups excluding carboxylic acids is 4. The number of rotatable bonds is 8. The van der Waals surface area contributed by atoms with Crippen LogP contribution in [0.3, 0.4) is 0 Å². The summed E-state index contributed by atoms with van der Waals surface area (Å²) in [4.78, 5) is 52.7. The number of ketones is 1. The zero-order valence-corrected chi connectivity index (χ0v) is 20.5. The second-order valence-corrected chi connectivity index (χ2v) is 9.71. The van der Waals surface area contributed by atoms with E-state index >= 15 is 0 Å². The Bertz CT molecular complexity index is 1250.